The van der Waals surface area contributed by atoms with Crippen molar-refractivity contribution >= 4 is 34.8 Å². The third-order valence-corrected chi connectivity index (χ3v) is 6.57. The van der Waals surface area contributed by atoms with Crippen molar-refractivity contribution in [2.24, 2.45) is 0 Å². The summed E-state index contributed by atoms with van der Waals surface area (Å²) in [4.78, 5) is 46.8. The van der Waals surface area contributed by atoms with Gasteiger partial charge in [0.1, 0.15) is 18.1 Å². The highest BCUT2D eigenvalue weighted by molar-refractivity contribution is 6.51. The first-order valence-electron chi connectivity index (χ1n) is 12.4. The van der Waals surface area contributed by atoms with E-state index in [1.165, 1.54) is 11.0 Å². The maximum absolute atomic E-state index is 13.4. The zero-order valence-electron chi connectivity index (χ0n) is 21.1. The first-order chi connectivity index (χ1) is 18.4. The van der Waals surface area contributed by atoms with Crippen LogP contribution in [0.4, 0.5) is 11.4 Å². The molecule has 9 nitrogen and oxygen atoms in total. The lowest BCUT2D eigenvalue weighted by Gasteiger charge is -2.28. The summed E-state index contributed by atoms with van der Waals surface area (Å²) in [5.41, 5.74) is 2.19. The number of hydrogen-bond donors (Lipinski definition) is 1. The Hall–Kier alpha value is -4.66. The summed E-state index contributed by atoms with van der Waals surface area (Å²) in [6, 6.07) is 14.0. The van der Waals surface area contributed by atoms with Crippen LogP contribution in [0.25, 0.3) is 5.76 Å². The number of nitrogens with zero attached hydrogens (tertiary/aromatic N) is 3. The van der Waals surface area contributed by atoms with Crippen molar-refractivity contribution in [1.29, 1.82) is 0 Å². The molecule has 5 rings (SSSR count). The standard InChI is InChI=1S/C29H27N3O6/c1-3-13-38-29(36)19-6-4-8-21(15-19)32-25(20-7-5-11-30-17-20)24(27(34)28(32)35)26(33)18-9-10-23-22(16-18)31(2)12-14-37-23/h4-11,15-17,25,33H,3,12-14H2,1-2H3/b26-24-. The molecule has 194 valence electrons. The molecule has 0 spiro atoms. The number of hydrogen-bond acceptors (Lipinski definition) is 8. The van der Waals surface area contributed by atoms with Crippen molar-refractivity contribution in [1.82, 2.24) is 4.98 Å². The molecule has 1 atom stereocenters. The molecular weight excluding hydrogens is 486 g/mol. The van der Waals surface area contributed by atoms with Crippen molar-refractivity contribution in [3.05, 3.63) is 89.3 Å². The number of likely N-dealkylation sites (N-methyl/N-ethyl adjacent to an activating group) is 1. The van der Waals surface area contributed by atoms with Gasteiger partial charge in [-0.2, -0.15) is 0 Å². The van der Waals surface area contributed by atoms with E-state index < -0.39 is 23.7 Å². The van der Waals surface area contributed by atoms with Crippen LogP contribution < -0.4 is 14.5 Å². The molecule has 1 N–H and O–H groups in total. The topological polar surface area (TPSA) is 109 Å². The molecule has 3 aromatic rings. The van der Waals surface area contributed by atoms with Gasteiger partial charge >= 0.3 is 5.97 Å². The maximum atomic E-state index is 13.4. The number of Topliss-reactive ketones (excluding diaryl/α,β-unsaturated/α-hetero) is 1. The summed E-state index contributed by atoms with van der Waals surface area (Å²) in [5, 5.41) is 11.5. The Labute approximate surface area is 219 Å². The molecule has 1 saturated heterocycles. The van der Waals surface area contributed by atoms with Gasteiger partial charge in [-0.05, 0) is 54.4 Å². The molecule has 3 heterocycles. The molecule has 0 saturated carbocycles. The highest BCUT2D eigenvalue weighted by Crippen LogP contribution is 2.43. The van der Waals surface area contributed by atoms with Crippen LogP contribution in [0.15, 0.2) is 72.6 Å². The Balaban J connectivity index is 1.63. The fourth-order valence-corrected chi connectivity index (χ4v) is 4.67. The molecule has 2 aromatic carbocycles. The zero-order chi connectivity index (χ0) is 26.8. The van der Waals surface area contributed by atoms with E-state index in [-0.39, 0.29) is 23.5 Å². The number of amides is 1. The predicted octanol–water partition coefficient (Wildman–Crippen LogP) is 4.10. The average molecular weight is 514 g/mol. The molecule has 1 amide bonds. The second kappa shape index (κ2) is 10.4. The maximum Gasteiger partial charge on any atom is 0.338 e. The Morgan fingerprint density at radius 3 is 2.74 bits per heavy atom. The van der Waals surface area contributed by atoms with Gasteiger partial charge in [0.05, 0.1) is 36.0 Å². The van der Waals surface area contributed by atoms with Crippen molar-refractivity contribution in [3.63, 3.8) is 0 Å². The summed E-state index contributed by atoms with van der Waals surface area (Å²) in [6.45, 7) is 3.38. The van der Waals surface area contributed by atoms with Gasteiger partial charge in [0.15, 0.2) is 0 Å². The molecule has 1 unspecified atom stereocenters. The molecular formula is C29H27N3O6. The number of benzene rings is 2. The first kappa shape index (κ1) is 25.0. The number of aliphatic hydroxyl groups is 1. The number of anilines is 2. The lowest BCUT2D eigenvalue weighted by Crippen LogP contribution is -2.29. The van der Waals surface area contributed by atoms with Gasteiger partial charge < -0.3 is 19.5 Å². The van der Waals surface area contributed by atoms with Gasteiger partial charge in [-0.25, -0.2) is 4.79 Å². The Morgan fingerprint density at radius 1 is 1.13 bits per heavy atom. The van der Waals surface area contributed by atoms with Crippen LogP contribution in [0.5, 0.6) is 5.75 Å². The quantitative estimate of drug-likeness (QED) is 0.227. The third-order valence-electron chi connectivity index (χ3n) is 6.57. The van der Waals surface area contributed by atoms with Crippen LogP contribution in [-0.4, -0.2) is 54.6 Å². The van der Waals surface area contributed by atoms with Gasteiger partial charge in [0, 0.05) is 30.7 Å². The smallest absolute Gasteiger partial charge is 0.338 e. The van der Waals surface area contributed by atoms with Crippen LogP contribution in [0, 0.1) is 0 Å². The largest absolute Gasteiger partial charge is 0.507 e. The summed E-state index contributed by atoms with van der Waals surface area (Å²) in [7, 11) is 1.91. The SMILES string of the molecule is CCCOC(=O)c1cccc(N2C(=O)C(=O)/C(=C(\O)c3ccc4c(c3)N(C)CCO4)C2c2cccnc2)c1. The van der Waals surface area contributed by atoms with E-state index in [0.29, 0.717) is 42.1 Å². The third kappa shape index (κ3) is 4.47. The normalized spacial score (nSPS) is 18.2. The number of carbonyl (C=O) groups is 3. The van der Waals surface area contributed by atoms with Crippen molar-refractivity contribution in [3.8, 4) is 5.75 Å². The zero-order valence-corrected chi connectivity index (χ0v) is 21.1. The molecule has 0 bridgehead atoms. The number of aliphatic hydroxyl groups excluding tert-OH is 1. The molecule has 1 fully saturated rings. The summed E-state index contributed by atoms with van der Waals surface area (Å²) < 4.78 is 10.9. The molecule has 1 aromatic heterocycles. The molecule has 0 radical (unpaired) electrons. The fraction of sp³-hybridized carbons (Fsp3) is 0.241. The van der Waals surface area contributed by atoms with E-state index in [1.54, 1.807) is 60.9 Å². The second-order valence-corrected chi connectivity index (χ2v) is 9.09. The fourth-order valence-electron chi connectivity index (χ4n) is 4.67. The van der Waals surface area contributed by atoms with Crippen molar-refractivity contribution in [2.45, 2.75) is 19.4 Å². The van der Waals surface area contributed by atoms with Gasteiger partial charge in [-0.3, -0.25) is 19.5 Å². The summed E-state index contributed by atoms with van der Waals surface area (Å²) in [6.07, 6.45) is 3.80. The van der Waals surface area contributed by atoms with Gasteiger partial charge in [-0.1, -0.05) is 19.1 Å². The van der Waals surface area contributed by atoms with E-state index in [1.807, 2.05) is 18.9 Å². The first-order valence-corrected chi connectivity index (χ1v) is 12.4. The average Bonchev–Trinajstić information content (AvgIpc) is 3.22. The lowest BCUT2D eigenvalue weighted by molar-refractivity contribution is -0.132. The molecule has 0 aliphatic carbocycles. The number of pyridine rings is 1. The number of esters is 1. The van der Waals surface area contributed by atoms with Crippen LogP contribution >= 0.6 is 0 Å². The predicted molar refractivity (Wildman–Crippen MR) is 141 cm³/mol. The molecule has 38 heavy (non-hydrogen) atoms. The number of ketones is 1. The van der Waals surface area contributed by atoms with E-state index in [2.05, 4.69) is 4.98 Å². The van der Waals surface area contributed by atoms with E-state index in [0.717, 1.165) is 5.69 Å². The van der Waals surface area contributed by atoms with Gasteiger partial charge in [0.2, 0.25) is 0 Å². The minimum absolute atomic E-state index is 0.0682. The monoisotopic (exact) mass is 513 g/mol. The molecule has 9 heteroatoms. The van der Waals surface area contributed by atoms with Crippen LogP contribution in [0.2, 0.25) is 0 Å². The number of rotatable bonds is 6. The number of carbonyl (C=O) groups excluding carboxylic acids is 3. The van der Waals surface area contributed by atoms with Gasteiger partial charge in [0.25, 0.3) is 11.7 Å². The van der Waals surface area contributed by atoms with E-state index in [9.17, 15) is 19.5 Å². The Kier molecular flexibility index (Phi) is 6.83. The summed E-state index contributed by atoms with van der Waals surface area (Å²) >= 11 is 0. The van der Waals surface area contributed by atoms with Crippen molar-refractivity contribution < 1.29 is 29.0 Å². The van der Waals surface area contributed by atoms with Crippen molar-refractivity contribution in [2.75, 3.05) is 36.6 Å². The van der Waals surface area contributed by atoms with E-state index in [4.69, 9.17) is 9.47 Å². The van der Waals surface area contributed by atoms with Crippen LogP contribution in [0.3, 0.4) is 0 Å². The highest BCUT2D eigenvalue weighted by Gasteiger charge is 2.47. The van der Waals surface area contributed by atoms with Gasteiger partial charge in [-0.15, -0.1) is 0 Å². The second-order valence-electron chi connectivity index (χ2n) is 9.09. The van der Waals surface area contributed by atoms with E-state index >= 15 is 0 Å². The number of aromatic nitrogens is 1. The van der Waals surface area contributed by atoms with Crippen LogP contribution in [-0.2, 0) is 14.3 Å². The summed E-state index contributed by atoms with van der Waals surface area (Å²) in [5.74, 6) is -1.81. The lowest BCUT2D eigenvalue weighted by atomic mass is 9.95. The molecule has 2 aliphatic rings. The Bertz CT molecular complexity index is 1440. The number of ether oxygens (including phenoxy) is 2. The molecule has 2 aliphatic heterocycles. The number of fused-ring (bicyclic) bond motifs is 1. The highest BCUT2D eigenvalue weighted by atomic mass is 16.5. The minimum atomic E-state index is -0.962. The van der Waals surface area contributed by atoms with Crippen LogP contribution in [0.1, 0.15) is 40.9 Å². The Morgan fingerprint density at radius 2 is 1.97 bits per heavy atom. The minimum Gasteiger partial charge on any atom is -0.507 e.